The SMILES string of the molecule is C[C@@H]1c2nnc(C3CCCCC3)n2CCN1C(=O)c1cccc(C(F)(F)F)c1Cl. The maximum absolute atomic E-state index is 13.2. The molecule has 2 heterocycles. The number of hydrogen-bond donors (Lipinski definition) is 0. The molecule has 0 saturated heterocycles. The number of fused-ring (bicyclic) bond motifs is 1. The van der Waals surface area contributed by atoms with Gasteiger partial charge in [0.2, 0.25) is 0 Å². The van der Waals surface area contributed by atoms with Gasteiger partial charge in [0.05, 0.1) is 22.2 Å². The summed E-state index contributed by atoms with van der Waals surface area (Å²) in [5.41, 5.74) is -1.15. The van der Waals surface area contributed by atoms with Crippen LogP contribution in [-0.4, -0.2) is 32.1 Å². The van der Waals surface area contributed by atoms with Crippen LogP contribution in [0, 0.1) is 0 Å². The molecule has 1 fully saturated rings. The lowest BCUT2D eigenvalue weighted by atomic mass is 9.88. The molecule has 156 valence electrons. The summed E-state index contributed by atoms with van der Waals surface area (Å²) in [4.78, 5) is 14.6. The number of carbonyl (C=O) groups is 1. The van der Waals surface area contributed by atoms with Crippen molar-refractivity contribution in [1.29, 1.82) is 0 Å². The first kappa shape index (κ1) is 20.2. The Balaban J connectivity index is 1.61. The van der Waals surface area contributed by atoms with E-state index in [0.717, 1.165) is 24.7 Å². The van der Waals surface area contributed by atoms with Gasteiger partial charge in [0.25, 0.3) is 5.91 Å². The van der Waals surface area contributed by atoms with Crippen LogP contribution >= 0.6 is 11.6 Å². The minimum Gasteiger partial charge on any atom is -0.327 e. The molecule has 1 aromatic carbocycles. The van der Waals surface area contributed by atoms with Gasteiger partial charge in [0.15, 0.2) is 5.82 Å². The number of nitrogens with zero attached hydrogens (tertiary/aromatic N) is 4. The van der Waals surface area contributed by atoms with Gasteiger partial charge in [-0.2, -0.15) is 13.2 Å². The number of benzene rings is 1. The van der Waals surface area contributed by atoms with Crippen LogP contribution in [0.25, 0.3) is 0 Å². The third-order valence-electron chi connectivity index (χ3n) is 5.98. The van der Waals surface area contributed by atoms with Crippen molar-refractivity contribution in [2.45, 2.75) is 63.7 Å². The molecule has 0 unspecified atom stereocenters. The fourth-order valence-electron chi connectivity index (χ4n) is 4.42. The third kappa shape index (κ3) is 3.63. The molecule has 29 heavy (non-hydrogen) atoms. The van der Waals surface area contributed by atoms with Gasteiger partial charge in [-0.3, -0.25) is 4.79 Å². The molecule has 1 saturated carbocycles. The summed E-state index contributed by atoms with van der Waals surface area (Å²) in [5.74, 6) is 1.50. The fourth-order valence-corrected chi connectivity index (χ4v) is 4.73. The van der Waals surface area contributed by atoms with E-state index in [1.807, 2.05) is 6.92 Å². The highest BCUT2D eigenvalue weighted by molar-refractivity contribution is 6.34. The first-order valence-electron chi connectivity index (χ1n) is 9.88. The van der Waals surface area contributed by atoms with Gasteiger partial charge in [0, 0.05) is 19.0 Å². The maximum atomic E-state index is 13.2. The molecule has 9 heteroatoms. The zero-order valence-electron chi connectivity index (χ0n) is 16.0. The summed E-state index contributed by atoms with van der Waals surface area (Å²) in [6.07, 6.45) is 1.18. The van der Waals surface area contributed by atoms with Crippen molar-refractivity contribution in [3.05, 3.63) is 46.0 Å². The molecule has 5 nitrogen and oxygen atoms in total. The van der Waals surface area contributed by atoms with Crippen molar-refractivity contribution in [3.8, 4) is 0 Å². The molecule has 1 aliphatic carbocycles. The monoisotopic (exact) mass is 426 g/mol. The molecule has 1 amide bonds. The van der Waals surface area contributed by atoms with E-state index in [9.17, 15) is 18.0 Å². The number of aromatic nitrogens is 3. The summed E-state index contributed by atoms with van der Waals surface area (Å²) in [6.45, 7) is 2.72. The zero-order valence-corrected chi connectivity index (χ0v) is 16.8. The van der Waals surface area contributed by atoms with Crippen LogP contribution in [0.15, 0.2) is 18.2 Å². The normalized spacial score (nSPS) is 20.6. The number of alkyl halides is 3. The smallest absolute Gasteiger partial charge is 0.327 e. The number of halogens is 4. The number of carbonyl (C=O) groups excluding carboxylic acids is 1. The van der Waals surface area contributed by atoms with Crippen LogP contribution in [0.3, 0.4) is 0 Å². The van der Waals surface area contributed by atoms with Crippen molar-refractivity contribution in [3.63, 3.8) is 0 Å². The Hall–Kier alpha value is -2.09. The quantitative estimate of drug-likeness (QED) is 0.662. The Kier molecular flexibility index (Phi) is 5.31. The van der Waals surface area contributed by atoms with Gasteiger partial charge in [-0.1, -0.05) is 36.9 Å². The lowest BCUT2D eigenvalue weighted by Gasteiger charge is -2.35. The molecule has 0 radical (unpaired) electrons. The molecule has 4 rings (SSSR count). The number of amides is 1. The minimum atomic E-state index is -4.62. The molecular weight excluding hydrogens is 405 g/mol. The van der Waals surface area contributed by atoms with Crippen molar-refractivity contribution < 1.29 is 18.0 Å². The van der Waals surface area contributed by atoms with Crippen LogP contribution in [0.4, 0.5) is 13.2 Å². The van der Waals surface area contributed by atoms with Crippen LogP contribution in [0.2, 0.25) is 5.02 Å². The van der Waals surface area contributed by atoms with Gasteiger partial charge in [0.1, 0.15) is 5.82 Å². The van der Waals surface area contributed by atoms with E-state index in [-0.39, 0.29) is 5.56 Å². The predicted octanol–water partition coefficient (Wildman–Crippen LogP) is 5.22. The highest BCUT2D eigenvalue weighted by atomic mass is 35.5. The topological polar surface area (TPSA) is 51.0 Å². The largest absolute Gasteiger partial charge is 0.417 e. The number of rotatable bonds is 2. The summed E-state index contributed by atoms with van der Waals surface area (Å²) >= 11 is 5.96. The molecule has 1 aromatic heterocycles. The van der Waals surface area contributed by atoms with E-state index in [2.05, 4.69) is 14.8 Å². The van der Waals surface area contributed by atoms with E-state index < -0.39 is 28.7 Å². The van der Waals surface area contributed by atoms with Gasteiger partial charge in [-0.15, -0.1) is 10.2 Å². The minimum absolute atomic E-state index is 0.145. The average molecular weight is 427 g/mol. The number of hydrogen-bond acceptors (Lipinski definition) is 3. The van der Waals surface area contributed by atoms with Gasteiger partial charge in [-0.05, 0) is 31.9 Å². The van der Waals surface area contributed by atoms with Crippen molar-refractivity contribution in [2.24, 2.45) is 0 Å². The Morgan fingerprint density at radius 2 is 1.79 bits per heavy atom. The molecule has 1 atom stereocenters. The van der Waals surface area contributed by atoms with Crippen LogP contribution in [0.5, 0.6) is 0 Å². The molecule has 1 aliphatic heterocycles. The Labute approximate surface area is 171 Å². The van der Waals surface area contributed by atoms with Gasteiger partial charge < -0.3 is 9.47 Å². The first-order chi connectivity index (χ1) is 13.8. The predicted molar refractivity (Wildman–Crippen MR) is 102 cm³/mol. The maximum Gasteiger partial charge on any atom is 0.417 e. The highest BCUT2D eigenvalue weighted by Crippen LogP contribution is 2.38. The standard InChI is InChI=1S/C20H22ClF3N4O/c1-12-17-25-26-18(13-6-3-2-4-7-13)28(17)11-10-27(12)19(29)14-8-5-9-15(16(14)21)20(22,23)24/h5,8-9,12-13H,2-4,6-7,10-11H2,1H3/t12-/m1/s1. The summed E-state index contributed by atoms with van der Waals surface area (Å²) in [6, 6.07) is 3.03. The lowest BCUT2D eigenvalue weighted by Crippen LogP contribution is -2.42. The van der Waals surface area contributed by atoms with Crippen LogP contribution < -0.4 is 0 Å². The molecule has 2 aliphatic rings. The van der Waals surface area contributed by atoms with Gasteiger partial charge >= 0.3 is 6.18 Å². The molecule has 2 aromatic rings. The second-order valence-corrected chi connectivity index (χ2v) is 8.12. The van der Waals surface area contributed by atoms with E-state index in [0.29, 0.717) is 24.8 Å². The van der Waals surface area contributed by atoms with E-state index >= 15 is 0 Å². The fraction of sp³-hybridized carbons (Fsp3) is 0.550. The second-order valence-electron chi connectivity index (χ2n) is 7.74. The summed E-state index contributed by atoms with van der Waals surface area (Å²) in [7, 11) is 0. The molecule has 0 bridgehead atoms. The van der Waals surface area contributed by atoms with E-state index in [1.54, 1.807) is 0 Å². The highest BCUT2D eigenvalue weighted by Gasteiger charge is 2.38. The Bertz CT molecular complexity index is 921. The van der Waals surface area contributed by atoms with Crippen molar-refractivity contribution in [2.75, 3.05) is 6.54 Å². The lowest BCUT2D eigenvalue weighted by molar-refractivity contribution is -0.137. The summed E-state index contributed by atoms with van der Waals surface area (Å²) < 4.78 is 41.6. The van der Waals surface area contributed by atoms with Gasteiger partial charge in [-0.25, -0.2) is 0 Å². The average Bonchev–Trinajstić information content (AvgIpc) is 3.13. The Morgan fingerprint density at radius 1 is 1.10 bits per heavy atom. The van der Waals surface area contributed by atoms with Crippen molar-refractivity contribution in [1.82, 2.24) is 19.7 Å². The van der Waals surface area contributed by atoms with E-state index in [1.165, 1.54) is 36.3 Å². The summed E-state index contributed by atoms with van der Waals surface area (Å²) in [5, 5.41) is 8.16. The third-order valence-corrected chi connectivity index (χ3v) is 6.39. The first-order valence-corrected chi connectivity index (χ1v) is 10.3. The molecular formula is C20H22ClF3N4O. The Morgan fingerprint density at radius 3 is 2.48 bits per heavy atom. The van der Waals surface area contributed by atoms with Crippen LogP contribution in [-0.2, 0) is 12.7 Å². The zero-order chi connectivity index (χ0) is 20.8. The molecule has 0 spiro atoms. The van der Waals surface area contributed by atoms with Crippen molar-refractivity contribution >= 4 is 17.5 Å². The van der Waals surface area contributed by atoms with E-state index in [4.69, 9.17) is 11.6 Å². The van der Waals surface area contributed by atoms with Crippen LogP contribution in [0.1, 0.15) is 78.6 Å². The second kappa shape index (κ2) is 7.63. The molecule has 0 N–H and O–H groups in total.